The fourth-order valence-corrected chi connectivity index (χ4v) is 2.93. The van der Waals surface area contributed by atoms with Crippen LogP contribution in [0.15, 0.2) is 28.2 Å². The van der Waals surface area contributed by atoms with E-state index < -0.39 is 0 Å². The van der Waals surface area contributed by atoms with Crippen LogP contribution in [0.3, 0.4) is 0 Å². The van der Waals surface area contributed by atoms with Crippen molar-refractivity contribution in [2.45, 2.75) is 39.0 Å². The van der Waals surface area contributed by atoms with Crippen LogP contribution in [-0.2, 0) is 5.41 Å². The van der Waals surface area contributed by atoms with Gasteiger partial charge in [0.2, 0.25) is 0 Å². The molecule has 0 saturated heterocycles. The van der Waals surface area contributed by atoms with Crippen LogP contribution in [0.2, 0.25) is 5.15 Å². The average molecular weight is 353 g/mol. The summed E-state index contributed by atoms with van der Waals surface area (Å²) in [4.78, 5) is 20.7. The SMILES string of the molecule is CN=C1CCC=C(SNC(=O)c2ccc(C(C)(C)C)nc2Cl)N1. The molecule has 1 amide bonds. The maximum absolute atomic E-state index is 12.3. The summed E-state index contributed by atoms with van der Waals surface area (Å²) in [6.45, 7) is 6.15. The average Bonchev–Trinajstić information content (AvgIpc) is 2.51. The van der Waals surface area contributed by atoms with E-state index in [1.807, 2.05) is 12.1 Å². The van der Waals surface area contributed by atoms with Gasteiger partial charge < -0.3 is 5.32 Å². The first-order valence-corrected chi connectivity index (χ1v) is 8.58. The van der Waals surface area contributed by atoms with Gasteiger partial charge in [-0.1, -0.05) is 38.4 Å². The topological polar surface area (TPSA) is 66.4 Å². The highest BCUT2D eigenvalue weighted by atomic mass is 35.5. The molecule has 2 rings (SSSR count). The molecule has 0 bridgehead atoms. The van der Waals surface area contributed by atoms with Gasteiger partial charge >= 0.3 is 0 Å². The summed E-state index contributed by atoms with van der Waals surface area (Å²) in [7, 11) is 1.75. The third kappa shape index (κ3) is 4.72. The van der Waals surface area contributed by atoms with Crippen molar-refractivity contribution in [2.24, 2.45) is 4.99 Å². The van der Waals surface area contributed by atoms with E-state index in [4.69, 9.17) is 11.6 Å². The Balaban J connectivity index is 2.03. The summed E-state index contributed by atoms with van der Waals surface area (Å²) >= 11 is 7.39. The lowest BCUT2D eigenvalue weighted by Crippen LogP contribution is -2.27. The van der Waals surface area contributed by atoms with E-state index in [2.05, 4.69) is 40.8 Å². The van der Waals surface area contributed by atoms with E-state index in [0.29, 0.717) is 5.56 Å². The lowest BCUT2D eigenvalue weighted by Gasteiger charge is -2.19. The Morgan fingerprint density at radius 3 is 2.78 bits per heavy atom. The molecule has 1 aromatic rings. The van der Waals surface area contributed by atoms with Crippen LogP contribution in [0.1, 0.15) is 49.7 Å². The van der Waals surface area contributed by atoms with Gasteiger partial charge in [-0.05, 0) is 18.6 Å². The van der Waals surface area contributed by atoms with E-state index in [9.17, 15) is 4.79 Å². The summed E-state index contributed by atoms with van der Waals surface area (Å²) in [5, 5.41) is 4.25. The van der Waals surface area contributed by atoms with Gasteiger partial charge in [-0.15, -0.1) is 0 Å². The Labute approximate surface area is 146 Å². The molecule has 1 aliphatic rings. The standard InChI is InChI=1S/C16H21ClN4OS/c1-16(2,3)11-9-8-10(14(17)19-11)15(22)21-23-13-7-5-6-12(18-4)20-13/h7-9H,5-6H2,1-4H3,(H,18,20)(H,21,22). The minimum Gasteiger partial charge on any atom is -0.338 e. The molecular weight excluding hydrogens is 332 g/mol. The Hall–Kier alpha value is -1.53. The molecule has 0 fully saturated rings. The number of nitrogens with one attached hydrogen (secondary N) is 2. The smallest absolute Gasteiger partial charge is 0.264 e. The van der Waals surface area contributed by atoms with Gasteiger partial charge in [-0.2, -0.15) is 0 Å². The largest absolute Gasteiger partial charge is 0.338 e. The molecule has 1 aromatic heterocycles. The fraction of sp³-hybridized carbons (Fsp3) is 0.438. The van der Waals surface area contributed by atoms with Gasteiger partial charge in [0.05, 0.1) is 10.6 Å². The van der Waals surface area contributed by atoms with Gasteiger partial charge in [0, 0.05) is 36.5 Å². The van der Waals surface area contributed by atoms with Crippen molar-refractivity contribution >= 4 is 35.3 Å². The predicted octanol–water partition coefficient (Wildman–Crippen LogP) is 3.66. The van der Waals surface area contributed by atoms with Gasteiger partial charge in [0.1, 0.15) is 11.0 Å². The number of hydrogen-bond acceptors (Lipinski definition) is 4. The summed E-state index contributed by atoms with van der Waals surface area (Å²) in [5.41, 5.74) is 1.11. The zero-order valence-corrected chi connectivity index (χ0v) is 15.3. The van der Waals surface area contributed by atoms with Crippen molar-refractivity contribution in [3.8, 4) is 0 Å². The monoisotopic (exact) mass is 352 g/mol. The maximum atomic E-state index is 12.3. The van der Waals surface area contributed by atoms with Crippen LogP contribution in [0.25, 0.3) is 0 Å². The fourth-order valence-electron chi connectivity index (χ4n) is 2.01. The molecule has 0 unspecified atom stereocenters. The maximum Gasteiger partial charge on any atom is 0.264 e. The summed E-state index contributed by atoms with van der Waals surface area (Å²) in [6, 6.07) is 3.55. The van der Waals surface area contributed by atoms with E-state index in [0.717, 1.165) is 29.4 Å². The second-order valence-corrected chi connectivity index (χ2v) is 7.43. The molecule has 124 valence electrons. The highest BCUT2D eigenvalue weighted by Gasteiger charge is 2.19. The second-order valence-electron chi connectivity index (χ2n) is 6.22. The third-order valence-corrected chi connectivity index (χ3v) is 4.43. The Morgan fingerprint density at radius 1 is 1.43 bits per heavy atom. The van der Waals surface area contributed by atoms with Crippen molar-refractivity contribution in [3.05, 3.63) is 39.6 Å². The van der Waals surface area contributed by atoms with Gasteiger partial charge in [-0.3, -0.25) is 14.5 Å². The number of halogens is 1. The van der Waals surface area contributed by atoms with Crippen LogP contribution in [0, 0.1) is 0 Å². The second kappa shape index (κ2) is 7.36. The zero-order chi connectivity index (χ0) is 17.0. The molecule has 0 radical (unpaired) electrons. The number of amidine groups is 1. The van der Waals surface area contributed by atoms with Crippen LogP contribution in [0.4, 0.5) is 0 Å². The highest BCUT2D eigenvalue weighted by molar-refractivity contribution is 8.01. The molecule has 23 heavy (non-hydrogen) atoms. The van der Waals surface area contributed by atoms with E-state index in [1.54, 1.807) is 13.1 Å². The van der Waals surface area contributed by atoms with E-state index in [1.165, 1.54) is 11.9 Å². The Kier molecular flexibility index (Phi) is 5.70. The number of pyridine rings is 1. The summed E-state index contributed by atoms with van der Waals surface area (Å²) in [6.07, 6.45) is 3.82. The number of aromatic nitrogens is 1. The Bertz CT molecular complexity index is 665. The highest BCUT2D eigenvalue weighted by Crippen LogP contribution is 2.24. The molecule has 0 saturated carbocycles. The number of nitrogens with zero attached hydrogens (tertiary/aromatic N) is 2. The third-order valence-electron chi connectivity index (χ3n) is 3.36. The molecule has 0 aliphatic carbocycles. The van der Waals surface area contributed by atoms with Gasteiger partial charge in [-0.25, -0.2) is 4.98 Å². The van der Waals surface area contributed by atoms with Gasteiger partial charge in [0.25, 0.3) is 5.91 Å². The molecule has 0 spiro atoms. The minimum absolute atomic E-state index is 0.111. The van der Waals surface area contributed by atoms with Crippen LogP contribution < -0.4 is 10.0 Å². The van der Waals surface area contributed by atoms with E-state index in [-0.39, 0.29) is 16.5 Å². The van der Waals surface area contributed by atoms with Gasteiger partial charge in [0.15, 0.2) is 0 Å². The van der Waals surface area contributed by atoms with E-state index >= 15 is 0 Å². The normalized spacial score (nSPS) is 16.7. The van der Waals surface area contributed by atoms with Crippen LogP contribution in [0.5, 0.6) is 0 Å². The molecular formula is C16H21ClN4OS. The number of carbonyl (C=O) groups is 1. The van der Waals surface area contributed by atoms with Crippen molar-refractivity contribution < 1.29 is 4.79 Å². The summed E-state index contributed by atoms with van der Waals surface area (Å²) < 4.78 is 2.78. The number of allylic oxidation sites excluding steroid dienone is 1. The van der Waals surface area contributed by atoms with Crippen molar-refractivity contribution in [1.82, 2.24) is 15.0 Å². The molecule has 0 atom stereocenters. The quantitative estimate of drug-likeness (QED) is 0.643. The van der Waals surface area contributed by atoms with Crippen LogP contribution >= 0.6 is 23.5 Å². The molecule has 2 heterocycles. The molecule has 0 aromatic carbocycles. The molecule has 7 heteroatoms. The number of rotatable bonds is 3. The minimum atomic E-state index is -0.267. The first kappa shape index (κ1) is 17.8. The lowest BCUT2D eigenvalue weighted by atomic mass is 9.91. The first-order chi connectivity index (χ1) is 10.8. The Morgan fingerprint density at radius 2 is 2.17 bits per heavy atom. The van der Waals surface area contributed by atoms with Crippen molar-refractivity contribution in [1.29, 1.82) is 0 Å². The lowest BCUT2D eigenvalue weighted by molar-refractivity contribution is 0.0984. The zero-order valence-electron chi connectivity index (χ0n) is 13.7. The molecule has 5 nitrogen and oxygen atoms in total. The number of hydrogen-bond donors (Lipinski definition) is 2. The number of aliphatic imine (C=N–C) groups is 1. The van der Waals surface area contributed by atoms with Crippen molar-refractivity contribution in [2.75, 3.05) is 7.05 Å². The summed E-state index contributed by atoms with van der Waals surface area (Å²) in [5.74, 6) is 0.648. The predicted molar refractivity (Wildman–Crippen MR) is 96.8 cm³/mol. The van der Waals surface area contributed by atoms with Crippen LogP contribution in [-0.4, -0.2) is 23.8 Å². The molecule has 2 N–H and O–H groups in total. The molecule has 1 aliphatic heterocycles. The van der Waals surface area contributed by atoms with Crippen molar-refractivity contribution in [3.63, 3.8) is 0 Å². The number of carbonyl (C=O) groups excluding carboxylic acids is 1. The first-order valence-electron chi connectivity index (χ1n) is 7.38. The number of amides is 1.